The first-order chi connectivity index (χ1) is 24.6. The van der Waals surface area contributed by atoms with Crippen LogP contribution < -0.4 is 4.90 Å². The molecule has 0 aromatic heterocycles. The second-order valence-electron chi connectivity index (χ2n) is 11.7. The number of aliphatic carboxylic acids is 2. The lowest BCUT2D eigenvalue weighted by Crippen LogP contribution is -2.10. The second kappa shape index (κ2) is 16.3. The molecule has 51 heavy (non-hydrogen) atoms. The summed E-state index contributed by atoms with van der Waals surface area (Å²) < 4.78 is 0. The monoisotopic (exact) mass is 667 g/mol. The molecule has 0 aliphatic heterocycles. The zero-order chi connectivity index (χ0) is 36.3. The van der Waals surface area contributed by atoms with Gasteiger partial charge in [0.1, 0.15) is 0 Å². The fourth-order valence-corrected chi connectivity index (χ4v) is 5.17. The van der Waals surface area contributed by atoms with Gasteiger partial charge in [-0.1, -0.05) is 103 Å². The Labute approximate surface area is 297 Å². The van der Waals surface area contributed by atoms with Gasteiger partial charge in [0.2, 0.25) is 0 Å². The van der Waals surface area contributed by atoms with Crippen LogP contribution in [-0.4, -0.2) is 22.2 Å². The van der Waals surface area contributed by atoms with E-state index in [2.05, 4.69) is 95.2 Å². The van der Waals surface area contributed by atoms with Gasteiger partial charge >= 0.3 is 11.9 Å². The van der Waals surface area contributed by atoms with Crippen molar-refractivity contribution in [1.29, 1.82) is 0 Å². The zero-order valence-corrected chi connectivity index (χ0v) is 28.0. The highest BCUT2D eigenvalue weighted by molar-refractivity contribution is 5.94. The number of nitrogens with zero attached hydrogens (tertiary/aromatic N) is 3. The third-order valence-corrected chi connectivity index (χ3v) is 8.15. The molecule has 0 amide bonds. The first kappa shape index (κ1) is 35.1. The molecule has 5 aromatic carbocycles. The van der Waals surface area contributed by atoms with Crippen LogP contribution in [0.1, 0.15) is 44.5 Å². The highest BCUT2D eigenvalue weighted by atomic mass is 16.4. The van der Waals surface area contributed by atoms with E-state index in [9.17, 15) is 9.59 Å². The molecule has 0 radical (unpaired) electrons. The lowest BCUT2D eigenvalue weighted by molar-refractivity contribution is -0.133. The van der Waals surface area contributed by atoms with Crippen LogP contribution in [0, 0.1) is 27.0 Å². The van der Waals surface area contributed by atoms with Crippen LogP contribution in [0.4, 0.5) is 17.1 Å². The number of benzene rings is 5. The van der Waals surface area contributed by atoms with Crippen molar-refractivity contribution >= 4 is 65.5 Å². The van der Waals surface area contributed by atoms with E-state index in [4.69, 9.17) is 23.4 Å². The summed E-state index contributed by atoms with van der Waals surface area (Å²) in [5.74, 6) is -2.49. The third-order valence-electron chi connectivity index (χ3n) is 8.15. The molecule has 0 bridgehead atoms. The maximum absolute atomic E-state index is 11.1. The number of carboxylic acids is 2. The first-order valence-corrected chi connectivity index (χ1v) is 15.9. The van der Waals surface area contributed by atoms with Crippen LogP contribution in [0.25, 0.3) is 46.1 Å². The van der Waals surface area contributed by atoms with E-state index in [0.717, 1.165) is 39.3 Å². The molecule has 0 fully saturated rings. The largest absolute Gasteiger partial charge is 0.486 e. The Morgan fingerprint density at radius 1 is 0.490 bits per heavy atom. The summed E-state index contributed by atoms with van der Waals surface area (Å²) in [5.41, 5.74) is 10.0. The Balaban J connectivity index is 1.35. The lowest BCUT2D eigenvalue weighted by atomic mass is 10.1. The summed E-state index contributed by atoms with van der Waals surface area (Å²) in [6.45, 7) is 18.3. The maximum Gasteiger partial charge on any atom is 0.333 e. The summed E-state index contributed by atoms with van der Waals surface area (Å²) in [4.78, 5) is 30.6. The molecule has 0 saturated carbocycles. The molecule has 5 aromatic rings. The van der Waals surface area contributed by atoms with Gasteiger partial charge in [-0.15, -0.1) is 0 Å². The van der Waals surface area contributed by atoms with E-state index in [0.29, 0.717) is 11.1 Å². The van der Waals surface area contributed by atoms with Crippen molar-refractivity contribution in [3.63, 3.8) is 0 Å². The predicted molar refractivity (Wildman–Crippen MR) is 206 cm³/mol. The van der Waals surface area contributed by atoms with Crippen molar-refractivity contribution in [3.05, 3.63) is 194 Å². The maximum atomic E-state index is 11.1. The van der Waals surface area contributed by atoms with Crippen molar-refractivity contribution in [1.82, 2.24) is 0 Å². The SMILES string of the molecule is [C-]#[N+]/C(=C\c1ccc(/C=C/c2ccc(N(c3ccc(/C=C/c4ccc(/C=C(\[N+]#[C-])C(=O)O)cc4)cc3)c3ccc(C)c(C)c3)cc2)cc1)C(=O)O. The van der Waals surface area contributed by atoms with Crippen LogP contribution in [0.3, 0.4) is 0 Å². The zero-order valence-electron chi connectivity index (χ0n) is 28.0. The van der Waals surface area contributed by atoms with E-state index in [-0.39, 0.29) is 11.4 Å². The summed E-state index contributed by atoms with van der Waals surface area (Å²) in [5, 5.41) is 18.2. The predicted octanol–water partition coefficient (Wildman–Crippen LogP) is 10.8. The smallest absolute Gasteiger partial charge is 0.333 e. The number of carboxylic acid groups (broad SMARTS) is 2. The van der Waals surface area contributed by atoms with Gasteiger partial charge in [0.05, 0.1) is 13.1 Å². The highest BCUT2D eigenvalue weighted by Gasteiger charge is 2.13. The van der Waals surface area contributed by atoms with Gasteiger partial charge in [-0.3, -0.25) is 9.59 Å². The van der Waals surface area contributed by atoms with Crippen LogP contribution in [0.15, 0.2) is 127 Å². The molecule has 0 unspecified atom stereocenters. The normalized spacial score (nSPS) is 11.7. The van der Waals surface area contributed by atoms with Crippen LogP contribution in [-0.2, 0) is 9.59 Å². The topological polar surface area (TPSA) is 86.6 Å². The number of carbonyl (C=O) groups is 2. The fraction of sp³-hybridized carbons (Fsp3) is 0.0455. The second-order valence-corrected chi connectivity index (χ2v) is 11.7. The first-order valence-electron chi connectivity index (χ1n) is 15.9. The minimum atomic E-state index is -1.24. The molecule has 0 spiro atoms. The Morgan fingerprint density at radius 2 is 0.804 bits per heavy atom. The van der Waals surface area contributed by atoms with Gasteiger partial charge < -0.3 is 15.1 Å². The summed E-state index contributed by atoms with van der Waals surface area (Å²) in [6.07, 6.45) is 10.7. The van der Waals surface area contributed by atoms with Crippen molar-refractivity contribution in [2.75, 3.05) is 4.90 Å². The average molecular weight is 668 g/mol. The van der Waals surface area contributed by atoms with Gasteiger partial charge in [0, 0.05) is 17.1 Å². The minimum absolute atomic E-state index is 0.326. The van der Waals surface area contributed by atoms with Crippen molar-refractivity contribution in [3.8, 4) is 0 Å². The molecule has 7 heteroatoms. The Morgan fingerprint density at radius 3 is 1.12 bits per heavy atom. The van der Waals surface area contributed by atoms with Gasteiger partial charge in [0.15, 0.2) is 0 Å². The standard InChI is InChI=1S/C44H33N3O4/c1-30-5-22-40(27-31(30)2)47(38-23-18-34(19-24-38)8-6-32-10-14-36(15-11-32)28-41(45-3)43(48)49)39-25-20-35(21-26-39)9-7-33-12-16-37(17-13-33)29-42(46-4)44(50)51/h5-29H,1-2H3,(H,48,49)(H,50,51)/b8-6+,9-7+,41-28-,42-29-. The van der Waals surface area contributed by atoms with Crippen LogP contribution in [0.2, 0.25) is 0 Å². The lowest BCUT2D eigenvalue weighted by Gasteiger charge is -2.26. The highest BCUT2D eigenvalue weighted by Crippen LogP contribution is 2.36. The minimum Gasteiger partial charge on any atom is -0.486 e. The summed E-state index contributed by atoms with van der Waals surface area (Å²) in [7, 11) is 0. The van der Waals surface area contributed by atoms with Crippen LogP contribution in [0.5, 0.6) is 0 Å². The fourth-order valence-electron chi connectivity index (χ4n) is 5.17. The van der Waals surface area contributed by atoms with E-state index in [1.165, 1.54) is 23.3 Å². The van der Waals surface area contributed by atoms with Gasteiger partial charge in [-0.05, 0) is 107 Å². The third kappa shape index (κ3) is 9.23. The molecule has 5 rings (SSSR count). The van der Waals surface area contributed by atoms with Crippen LogP contribution >= 0.6 is 0 Å². The number of rotatable bonds is 11. The van der Waals surface area contributed by atoms with Gasteiger partial charge in [-0.2, -0.15) is 0 Å². The number of anilines is 3. The molecule has 0 saturated heterocycles. The van der Waals surface area contributed by atoms with Crippen molar-refractivity contribution < 1.29 is 19.8 Å². The van der Waals surface area contributed by atoms with E-state index in [1.54, 1.807) is 24.3 Å². The Bertz CT molecular complexity index is 2130. The number of hydrogen-bond acceptors (Lipinski definition) is 3. The molecule has 0 atom stereocenters. The number of aryl methyl sites for hydroxylation is 2. The Hall–Kier alpha value is -7.22. The summed E-state index contributed by atoms with van der Waals surface area (Å²) in [6, 6.07) is 37.7. The molecule has 0 aliphatic rings. The van der Waals surface area contributed by atoms with E-state index < -0.39 is 11.9 Å². The molecule has 7 nitrogen and oxygen atoms in total. The molecule has 0 aliphatic carbocycles. The van der Waals surface area contributed by atoms with E-state index in [1.807, 2.05) is 48.6 Å². The molecule has 248 valence electrons. The van der Waals surface area contributed by atoms with Crippen molar-refractivity contribution in [2.24, 2.45) is 0 Å². The van der Waals surface area contributed by atoms with E-state index >= 15 is 0 Å². The van der Waals surface area contributed by atoms with Crippen molar-refractivity contribution in [2.45, 2.75) is 13.8 Å². The Kier molecular flexibility index (Phi) is 11.2. The molecule has 0 heterocycles. The molecular weight excluding hydrogens is 635 g/mol. The molecular formula is C44H33N3O4. The molecule has 2 N–H and O–H groups in total. The van der Waals surface area contributed by atoms with Gasteiger partial charge in [0.25, 0.3) is 11.4 Å². The number of hydrogen-bond donors (Lipinski definition) is 2. The average Bonchev–Trinajstić information content (AvgIpc) is 3.14. The van der Waals surface area contributed by atoms with Gasteiger partial charge in [-0.25, -0.2) is 9.69 Å². The quantitative estimate of drug-likeness (QED) is 0.0832. The summed E-state index contributed by atoms with van der Waals surface area (Å²) >= 11 is 0.